The number of aryl methyl sites for hydroxylation is 1. The maximum atomic E-state index is 12.3. The van der Waals surface area contributed by atoms with E-state index in [1.807, 2.05) is 45.0 Å². The van der Waals surface area contributed by atoms with Crippen LogP contribution in [0.15, 0.2) is 47.0 Å². The Balaban J connectivity index is 1.95. The number of dihydropyridines is 1. The lowest BCUT2D eigenvalue weighted by Crippen LogP contribution is -2.28. The molecule has 0 saturated heterocycles. The molecule has 0 fully saturated rings. The fraction of sp³-hybridized carbons (Fsp3) is 0.400. The third-order valence-corrected chi connectivity index (χ3v) is 4.56. The van der Waals surface area contributed by atoms with Crippen molar-refractivity contribution in [2.75, 3.05) is 13.2 Å². The van der Waals surface area contributed by atoms with Crippen LogP contribution in [0.2, 0.25) is 0 Å². The molecule has 1 aromatic rings. The van der Waals surface area contributed by atoms with Gasteiger partial charge in [-0.2, -0.15) is 0 Å². The van der Waals surface area contributed by atoms with Crippen molar-refractivity contribution in [2.45, 2.75) is 39.5 Å². The number of carbonyl (C=O) groups excluding carboxylic acids is 2. The second-order valence-corrected chi connectivity index (χ2v) is 6.43. The molecule has 1 N–H and O–H groups in total. The molecule has 0 bridgehead atoms. The molecule has 2 aliphatic rings. The molecule has 0 saturated carbocycles. The smallest absolute Gasteiger partial charge is 0.456 e. The molecular formula is C20H23NO5. The van der Waals surface area contributed by atoms with E-state index in [2.05, 4.69) is 5.32 Å². The van der Waals surface area contributed by atoms with Crippen molar-refractivity contribution in [3.8, 4) is 0 Å². The lowest BCUT2D eigenvalue weighted by molar-refractivity contribution is -0.136. The number of benzene rings is 1. The first-order valence-corrected chi connectivity index (χ1v) is 8.81. The van der Waals surface area contributed by atoms with Gasteiger partial charge >= 0.3 is 12.1 Å². The number of unbranched alkanes of at least 4 members (excludes halogenated alkanes) is 1. The van der Waals surface area contributed by atoms with Gasteiger partial charge in [-0.1, -0.05) is 37.6 Å². The maximum Gasteiger partial charge on any atom is 0.513 e. The largest absolute Gasteiger partial charge is 0.513 e. The second-order valence-electron chi connectivity index (χ2n) is 6.43. The van der Waals surface area contributed by atoms with Crippen molar-refractivity contribution in [3.05, 3.63) is 58.1 Å². The highest BCUT2D eigenvalue weighted by Crippen LogP contribution is 2.42. The van der Waals surface area contributed by atoms with Crippen LogP contribution in [0.25, 0.3) is 0 Å². The Bertz CT molecular complexity index is 793. The Kier molecular flexibility index (Phi) is 5.30. The van der Waals surface area contributed by atoms with E-state index in [0.29, 0.717) is 29.3 Å². The summed E-state index contributed by atoms with van der Waals surface area (Å²) in [5, 5.41) is 3.13. The van der Waals surface area contributed by atoms with Gasteiger partial charge in [0.25, 0.3) is 0 Å². The summed E-state index contributed by atoms with van der Waals surface area (Å²) in [6, 6.07) is 7.72. The van der Waals surface area contributed by atoms with Crippen LogP contribution in [0, 0.1) is 6.92 Å². The molecule has 0 amide bonds. The van der Waals surface area contributed by atoms with Crippen LogP contribution in [0.5, 0.6) is 0 Å². The number of cyclic esters (lactones) is 1. The monoisotopic (exact) mass is 357 g/mol. The van der Waals surface area contributed by atoms with E-state index in [1.165, 1.54) is 0 Å². The molecule has 6 heteroatoms. The summed E-state index contributed by atoms with van der Waals surface area (Å²) >= 11 is 0. The maximum absolute atomic E-state index is 12.3. The number of hydrogen-bond acceptors (Lipinski definition) is 6. The lowest BCUT2D eigenvalue weighted by Gasteiger charge is -2.28. The summed E-state index contributed by atoms with van der Waals surface area (Å²) in [6.07, 6.45) is 0.933. The summed E-state index contributed by atoms with van der Waals surface area (Å²) in [6.45, 7) is 6.29. The number of esters is 1. The van der Waals surface area contributed by atoms with Crippen LogP contribution in [0.4, 0.5) is 4.79 Å². The number of rotatable bonds is 5. The molecule has 0 aliphatic carbocycles. The van der Waals surface area contributed by atoms with Crippen LogP contribution >= 0.6 is 0 Å². The lowest BCUT2D eigenvalue weighted by atomic mass is 9.83. The minimum absolute atomic E-state index is 0.197. The Morgan fingerprint density at radius 2 is 2.08 bits per heavy atom. The quantitative estimate of drug-likeness (QED) is 0.640. The van der Waals surface area contributed by atoms with Crippen molar-refractivity contribution in [1.82, 2.24) is 5.32 Å². The van der Waals surface area contributed by atoms with E-state index >= 15 is 0 Å². The first-order chi connectivity index (χ1) is 12.5. The molecule has 1 atom stereocenters. The van der Waals surface area contributed by atoms with Crippen LogP contribution in [0.1, 0.15) is 43.7 Å². The van der Waals surface area contributed by atoms with Crippen molar-refractivity contribution >= 4 is 12.1 Å². The van der Waals surface area contributed by atoms with E-state index in [-0.39, 0.29) is 6.61 Å². The Morgan fingerprint density at radius 1 is 1.31 bits per heavy atom. The zero-order chi connectivity index (χ0) is 18.7. The number of nitrogens with one attached hydrogen (secondary N) is 1. The van der Waals surface area contributed by atoms with Crippen LogP contribution < -0.4 is 5.32 Å². The number of carbonyl (C=O) groups is 2. The SMILES string of the molecule is CCCCOC(=O)OC1=C(C)NC2=C(C(=O)OC2)C1c1ccccc1C. The Morgan fingerprint density at radius 3 is 2.81 bits per heavy atom. The van der Waals surface area contributed by atoms with Crippen LogP contribution in [0.3, 0.4) is 0 Å². The number of hydrogen-bond donors (Lipinski definition) is 1. The fourth-order valence-corrected chi connectivity index (χ4v) is 3.21. The molecule has 2 heterocycles. The molecule has 26 heavy (non-hydrogen) atoms. The van der Waals surface area contributed by atoms with E-state index in [9.17, 15) is 9.59 Å². The molecule has 0 spiro atoms. The normalized spacial score (nSPS) is 19.0. The highest BCUT2D eigenvalue weighted by molar-refractivity contribution is 5.95. The average molecular weight is 357 g/mol. The van der Waals surface area contributed by atoms with Crippen molar-refractivity contribution in [2.24, 2.45) is 0 Å². The molecule has 6 nitrogen and oxygen atoms in total. The van der Waals surface area contributed by atoms with Gasteiger partial charge in [-0.3, -0.25) is 0 Å². The summed E-state index contributed by atoms with van der Waals surface area (Å²) in [5.74, 6) is -0.520. The summed E-state index contributed by atoms with van der Waals surface area (Å²) in [4.78, 5) is 24.5. The fourth-order valence-electron chi connectivity index (χ4n) is 3.21. The first kappa shape index (κ1) is 18.0. The minimum atomic E-state index is -0.761. The van der Waals surface area contributed by atoms with Crippen LogP contribution in [-0.4, -0.2) is 25.3 Å². The summed E-state index contributed by atoms with van der Waals surface area (Å²) < 4.78 is 15.9. The van der Waals surface area contributed by atoms with Gasteiger partial charge in [0.15, 0.2) is 0 Å². The van der Waals surface area contributed by atoms with Gasteiger partial charge in [-0.25, -0.2) is 9.59 Å². The van der Waals surface area contributed by atoms with E-state index in [0.717, 1.165) is 24.0 Å². The zero-order valence-electron chi connectivity index (χ0n) is 15.3. The van der Waals surface area contributed by atoms with Gasteiger partial charge in [0.05, 0.1) is 29.5 Å². The zero-order valence-corrected chi connectivity index (χ0v) is 15.3. The minimum Gasteiger partial charge on any atom is -0.456 e. The third-order valence-electron chi connectivity index (χ3n) is 4.56. The topological polar surface area (TPSA) is 73.9 Å². The van der Waals surface area contributed by atoms with Gasteiger partial charge in [0.2, 0.25) is 0 Å². The van der Waals surface area contributed by atoms with Crippen LogP contribution in [-0.2, 0) is 19.0 Å². The van der Waals surface area contributed by atoms with Gasteiger partial charge in [-0.05, 0) is 31.4 Å². The van der Waals surface area contributed by atoms with Gasteiger partial charge in [0, 0.05) is 0 Å². The second kappa shape index (κ2) is 7.64. The first-order valence-electron chi connectivity index (χ1n) is 8.81. The van der Waals surface area contributed by atoms with Gasteiger partial charge < -0.3 is 19.5 Å². The number of ether oxygens (including phenoxy) is 3. The standard InChI is InChI=1S/C20H23NO5/c1-4-5-10-24-20(23)26-18-13(3)21-15-11-25-19(22)17(15)16(18)14-9-7-6-8-12(14)2/h6-9,16,21H,4-5,10-11H2,1-3H3. The Hall–Kier alpha value is -2.76. The molecule has 1 unspecified atom stereocenters. The highest BCUT2D eigenvalue weighted by Gasteiger charge is 2.41. The van der Waals surface area contributed by atoms with Crippen molar-refractivity contribution in [1.29, 1.82) is 0 Å². The molecule has 1 aromatic carbocycles. The molecular weight excluding hydrogens is 334 g/mol. The highest BCUT2D eigenvalue weighted by atomic mass is 16.7. The molecule has 138 valence electrons. The van der Waals surface area contributed by atoms with E-state index < -0.39 is 18.0 Å². The summed E-state index contributed by atoms with van der Waals surface area (Å²) in [5.41, 5.74) is 3.77. The average Bonchev–Trinajstić information content (AvgIpc) is 2.97. The molecule has 3 rings (SSSR count). The van der Waals surface area contributed by atoms with Gasteiger partial charge in [-0.15, -0.1) is 0 Å². The van der Waals surface area contributed by atoms with Gasteiger partial charge in [0.1, 0.15) is 12.4 Å². The predicted octanol–water partition coefficient (Wildman–Crippen LogP) is 3.68. The predicted molar refractivity (Wildman–Crippen MR) is 95.1 cm³/mol. The third kappa shape index (κ3) is 3.45. The summed E-state index contributed by atoms with van der Waals surface area (Å²) in [7, 11) is 0. The Labute approximate surface area is 152 Å². The van der Waals surface area contributed by atoms with Crippen molar-refractivity contribution < 1.29 is 23.8 Å². The number of allylic oxidation sites excluding steroid dienone is 2. The molecule has 0 radical (unpaired) electrons. The van der Waals surface area contributed by atoms with E-state index in [1.54, 1.807) is 0 Å². The molecule has 2 aliphatic heterocycles. The molecule has 0 aromatic heterocycles. The van der Waals surface area contributed by atoms with Crippen molar-refractivity contribution in [3.63, 3.8) is 0 Å². The van der Waals surface area contributed by atoms with E-state index in [4.69, 9.17) is 14.2 Å².